The number of rotatable bonds is 14. The highest BCUT2D eigenvalue weighted by atomic mass is 16.6. The van der Waals surface area contributed by atoms with Crippen LogP contribution in [0.4, 0.5) is 0 Å². The van der Waals surface area contributed by atoms with Crippen LogP contribution in [0, 0.1) is 26.7 Å². The molecule has 3 fully saturated rings. The minimum Gasteiger partial charge on any atom is -0.453 e. The average molecular weight is 967 g/mol. The number of nitrogens with one attached hydrogen (secondary N) is 2. The first kappa shape index (κ1) is 56.2. The molecular formula is C46H74N6O16. The van der Waals surface area contributed by atoms with Gasteiger partial charge in [0.2, 0.25) is 0 Å². The molecule has 0 saturated carbocycles. The van der Waals surface area contributed by atoms with E-state index in [0.29, 0.717) is 42.1 Å². The molecule has 4 aliphatic heterocycles. The number of aliphatic hydroxyl groups is 3. The fraction of sp³-hybridized carbons (Fsp3) is 0.739. The lowest BCUT2D eigenvalue weighted by Crippen LogP contribution is -2.41. The summed E-state index contributed by atoms with van der Waals surface area (Å²) in [5, 5.41) is 30.8. The Morgan fingerprint density at radius 1 is 0.618 bits per heavy atom. The summed E-state index contributed by atoms with van der Waals surface area (Å²) in [7, 11) is 3.28. The van der Waals surface area contributed by atoms with E-state index in [1.165, 1.54) is 21.5 Å². The average Bonchev–Trinajstić information content (AvgIpc) is 4.00. The van der Waals surface area contributed by atoms with E-state index >= 15 is 0 Å². The smallest absolute Gasteiger partial charge is 0.330 e. The van der Waals surface area contributed by atoms with Crippen molar-refractivity contribution in [1.29, 1.82) is 0 Å². The van der Waals surface area contributed by atoms with Gasteiger partial charge in [-0.2, -0.15) is 4.98 Å². The first-order chi connectivity index (χ1) is 32.2. The standard InChI is InChI=1S/C15H24N2O6.C15H24N2O5.C11H14N2O4.C5H12O/c1-5-10-11(18)12(22-9(3)7-21-4)14(23-10)17-6-8(2)13(19)16-15(17)20;1-5-9(4)21-12-11(18)10(6-2)22-14(12)17-7-8(3)13(19)16-15(17)20;1-3-6-7(14)8-10(16-6)13-4-5(2)9(15)12-11(13)17-8;1-5(2)4-6-3/h6,9-12,14,18H,5,7H2,1-4H3,(H,16,19,20);7,9-12,14,18H,5-6H2,1-4H3,(H,16,19,20);4,6-8,10,14H,3H2,1-2H3;5H,4H2,1-3H3/t9-,10-,11?,12+,14-;9-,10+,11?,12-,14+;6-,7?,8-,10-;/m101./s1. The number of H-pyrrole nitrogens is 2. The van der Waals surface area contributed by atoms with Crippen LogP contribution in [0.1, 0.15) is 116 Å². The van der Waals surface area contributed by atoms with E-state index in [1.807, 2.05) is 41.5 Å². The summed E-state index contributed by atoms with van der Waals surface area (Å²) >= 11 is 0. The van der Waals surface area contributed by atoms with E-state index < -0.39 is 83.8 Å². The van der Waals surface area contributed by atoms with Gasteiger partial charge in [-0.25, -0.2) is 9.59 Å². The molecule has 5 N–H and O–H groups in total. The number of hydrogen-bond acceptors (Lipinski definition) is 17. The van der Waals surface area contributed by atoms with Gasteiger partial charge in [-0.1, -0.05) is 41.5 Å². The van der Waals surface area contributed by atoms with Gasteiger partial charge in [0.1, 0.15) is 30.5 Å². The summed E-state index contributed by atoms with van der Waals surface area (Å²) < 4.78 is 48.6. The van der Waals surface area contributed by atoms with E-state index in [9.17, 15) is 39.3 Å². The molecule has 0 amide bonds. The second-order valence-corrected chi connectivity index (χ2v) is 17.9. The van der Waals surface area contributed by atoms with Crippen LogP contribution in [-0.2, 0) is 33.2 Å². The summed E-state index contributed by atoms with van der Waals surface area (Å²) in [6, 6.07) is 0.226. The fourth-order valence-electron chi connectivity index (χ4n) is 7.99. The number of aromatic amines is 2. The van der Waals surface area contributed by atoms with Crippen LogP contribution < -0.4 is 32.8 Å². The zero-order valence-electron chi connectivity index (χ0n) is 41.6. The van der Waals surface area contributed by atoms with Gasteiger partial charge in [0.25, 0.3) is 16.7 Å². The number of aromatic nitrogens is 6. The van der Waals surface area contributed by atoms with Crippen molar-refractivity contribution in [3.05, 3.63) is 87.3 Å². The first-order valence-corrected chi connectivity index (χ1v) is 23.4. The van der Waals surface area contributed by atoms with Crippen LogP contribution in [0.3, 0.4) is 0 Å². The molecule has 22 heteroatoms. The van der Waals surface area contributed by atoms with E-state index in [2.05, 4.69) is 28.8 Å². The van der Waals surface area contributed by atoms with Gasteiger partial charge in [0, 0.05) is 56.1 Å². The number of fused-ring (bicyclic) bond motifs is 3. The molecular weight excluding hydrogens is 893 g/mol. The summed E-state index contributed by atoms with van der Waals surface area (Å²) in [4.78, 5) is 66.9. The monoisotopic (exact) mass is 967 g/mol. The normalized spacial score (nSPS) is 28.8. The van der Waals surface area contributed by atoms with Crippen molar-refractivity contribution in [2.45, 2.75) is 188 Å². The molecule has 7 heterocycles. The Hall–Kier alpha value is -4.36. The second-order valence-electron chi connectivity index (χ2n) is 17.9. The Morgan fingerprint density at radius 2 is 1.04 bits per heavy atom. The maximum atomic E-state index is 12.1. The Bertz CT molecular complexity index is 2360. The highest BCUT2D eigenvalue weighted by molar-refractivity contribution is 5.15. The number of aryl methyl sites for hydroxylation is 3. The van der Waals surface area contributed by atoms with Crippen LogP contribution in [-0.4, -0.2) is 139 Å². The molecule has 0 aliphatic carbocycles. The molecule has 0 spiro atoms. The molecule has 3 aromatic heterocycles. The van der Waals surface area contributed by atoms with Crippen molar-refractivity contribution in [1.82, 2.24) is 28.7 Å². The third-order valence-corrected chi connectivity index (χ3v) is 11.8. The van der Waals surface area contributed by atoms with Gasteiger partial charge < -0.3 is 53.2 Å². The molecule has 68 heavy (non-hydrogen) atoms. The van der Waals surface area contributed by atoms with E-state index in [4.69, 9.17) is 37.9 Å². The molecule has 3 saturated heterocycles. The molecule has 384 valence electrons. The summed E-state index contributed by atoms with van der Waals surface area (Å²) in [6.07, 6.45) is -0.340. The molecule has 0 bridgehead atoms. The van der Waals surface area contributed by atoms with Crippen LogP contribution in [0.5, 0.6) is 6.01 Å². The number of nitrogens with zero attached hydrogens (tertiary/aromatic N) is 4. The van der Waals surface area contributed by atoms with Crippen LogP contribution in [0.25, 0.3) is 0 Å². The molecule has 3 unspecified atom stereocenters. The van der Waals surface area contributed by atoms with Gasteiger partial charge in [-0.3, -0.25) is 38.1 Å². The Morgan fingerprint density at radius 3 is 1.46 bits per heavy atom. The quantitative estimate of drug-likeness (QED) is 0.154. The topological polar surface area (TPSA) is 279 Å². The maximum Gasteiger partial charge on any atom is 0.330 e. The minimum atomic E-state index is -0.872. The van der Waals surface area contributed by atoms with Crippen molar-refractivity contribution in [2.75, 3.05) is 27.4 Å². The van der Waals surface area contributed by atoms with Crippen molar-refractivity contribution in [2.24, 2.45) is 5.92 Å². The lowest BCUT2D eigenvalue weighted by Gasteiger charge is -2.25. The maximum absolute atomic E-state index is 12.1. The van der Waals surface area contributed by atoms with Gasteiger partial charge in [0.05, 0.1) is 37.1 Å². The predicted molar refractivity (Wildman–Crippen MR) is 248 cm³/mol. The van der Waals surface area contributed by atoms with Gasteiger partial charge in [-0.05, 0) is 66.2 Å². The molecule has 14 atom stereocenters. The lowest BCUT2D eigenvalue weighted by molar-refractivity contribution is -0.111. The largest absolute Gasteiger partial charge is 0.453 e. The van der Waals surface area contributed by atoms with Crippen molar-refractivity contribution in [3.8, 4) is 6.01 Å². The predicted octanol–water partition coefficient (Wildman–Crippen LogP) is 1.90. The van der Waals surface area contributed by atoms with E-state index in [-0.39, 0.29) is 36.1 Å². The van der Waals surface area contributed by atoms with Crippen LogP contribution in [0.2, 0.25) is 0 Å². The zero-order valence-corrected chi connectivity index (χ0v) is 41.6. The number of methoxy groups -OCH3 is 2. The molecule has 22 nitrogen and oxygen atoms in total. The van der Waals surface area contributed by atoms with Gasteiger partial charge in [-0.15, -0.1) is 0 Å². The zero-order chi connectivity index (χ0) is 50.7. The van der Waals surface area contributed by atoms with Gasteiger partial charge >= 0.3 is 17.4 Å². The SMILES string of the molecule is CC[C@H](C)O[C@H]1C(O)[C@@H](CC)O[C@H]1n1cc(C)c(=O)[nH]c1=O.CC[C@H]1O[C@@H](n2cc(C)c(=O)[nH]c2=O)[C@@H](O[C@H](C)COC)C1O.CC[C@H]1O[C@@H]2[C@H](Oc3nc(=O)c(C)cn32)C1O.COCC(C)C. The van der Waals surface area contributed by atoms with Gasteiger partial charge in [0.15, 0.2) is 24.8 Å². The lowest BCUT2D eigenvalue weighted by atomic mass is 10.1. The van der Waals surface area contributed by atoms with E-state index in [1.54, 1.807) is 45.8 Å². The number of hydrogen-bond donors (Lipinski definition) is 5. The second kappa shape index (κ2) is 25.5. The third-order valence-electron chi connectivity index (χ3n) is 11.8. The van der Waals surface area contributed by atoms with Crippen LogP contribution >= 0.6 is 0 Å². The Balaban J connectivity index is 0.000000211. The minimum absolute atomic E-state index is 0.0686. The number of aliphatic hydroxyl groups excluding tert-OH is 3. The fourth-order valence-corrected chi connectivity index (χ4v) is 7.99. The molecule has 4 aliphatic rings. The number of ether oxygens (including phenoxy) is 8. The molecule has 0 aromatic carbocycles. The van der Waals surface area contributed by atoms with Crippen molar-refractivity contribution in [3.63, 3.8) is 0 Å². The van der Waals surface area contributed by atoms with Crippen molar-refractivity contribution < 1.29 is 53.2 Å². The summed E-state index contributed by atoms with van der Waals surface area (Å²) in [6.45, 7) is 21.8. The third kappa shape index (κ3) is 13.5. The van der Waals surface area contributed by atoms with Crippen molar-refractivity contribution >= 4 is 0 Å². The Kier molecular flexibility index (Phi) is 21.1. The molecule has 0 radical (unpaired) electrons. The molecule has 3 aromatic rings. The summed E-state index contributed by atoms with van der Waals surface area (Å²) in [5.74, 6) is 0.676. The highest BCUT2D eigenvalue weighted by Crippen LogP contribution is 2.40. The molecule has 7 rings (SSSR count). The van der Waals surface area contributed by atoms with E-state index in [0.717, 1.165) is 19.4 Å². The van der Waals surface area contributed by atoms with Crippen LogP contribution in [0.15, 0.2) is 42.6 Å². The summed E-state index contributed by atoms with van der Waals surface area (Å²) in [5.41, 5.74) is -1.02. The first-order valence-electron chi connectivity index (χ1n) is 23.4. The highest BCUT2D eigenvalue weighted by Gasteiger charge is 2.51. The Labute approximate surface area is 395 Å².